The Balaban J connectivity index is 2.42. The van der Waals surface area contributed by atoms with Crippen molar-refractivity contribution in [3.8, 4) is 11.6 Å². The van der Waals surface area contributed by atoms with Crippen LogP contribution in [-0.4, -0.2) is 19.8 Å². The Kier molecular flexibility index (Phi) is 3.89. The maximum atomic E-state index is 13.7. The van der Waals surface area contributed by atoms with E-state index in [9.17, 15) is 24.6 Å². The number of nitrogens with zero attached hydrogens (tertiary/aromatic N) is 4. The van der Waals surface area contributed by atoms with E-state index >= 15 is 0 Å². The first kappa shape index (κ1) is 14.5. The number of rotatable bonds is 4. The summed E-state index contributed by atoms with van der Waals surface area (Å²) in [5.41, 5.74) is -1.23. The van der Waals surface area contributed by atoms with Gasteiger partial charge < -0.3 is 4.74 Å². The fourth-order valence-corrected chi connectivity index (χ4v) is 1.55. The molecule has 0 aliphatic rings. The van der Waals surface area contributed by atoms with Crippen LogP contribution in [0.1, 0.15) is 0 Å². The third kappa shape index (κ3) is 3.00. The van der Waals surface area contributed by atoms with E-state index in [0.717, 1.165) is 18.5 Å². The highest BCUT2D eigenvalue weighted by Crippen LogP contribution is 2.35. The van der Waals surface area contributed by atoms with Crippen molar-refractivity contribution in [2.45, 2.75) is 0 Å². The first-order chi connectivity index (χ1) is 9.90. The Morgan fingerprint density at radius 2 is 1.90 bits per heavy atom. The zero-order valence-electron chi connectivity index (χ0n) is 9.90. The van der Waals surface area contributed by atoms with E-state index < -0.39 is 43.8 Å². The number of nitro benzene ring substituents is 1. The molecule has 0 unspecified atom stereocenters. The van der Waals surface area contributed by atoms with Crippen molar-refractivity contribution in [3.63, 3.8) is 0 Å². The van der Waals surface area contributed by atoms with Crippen molar-refractivity contribution in [1.29, 1.82) is 0 Å². The second-order valence-corrected chi connectivity index (χ2v) is 3.91. The molecule has 108 valence electrons. The SMILES string of the molecule is O=[N+]([O-])c1ccc(Oc2ncnc(Cl)c2[N+](=O)[O-])c(F)c1. The third-order valence-electron chi connectivity index (χ3n) is 2.26. The van der Waals surface area contributed by atoms with Crippen LogP contribution in [0.25, 0.3) is 0 Å². The van der Waals surface area contributed by atoms with E-state index in [-0.39, 0.29) is 0 Å². The fourth-order valence-electron chi connectivity index (χ4n) is 1.36. The molecule has 9 nitrogen and oxygen atoms in total. The number of hydrogen-bond acceptors (Lipinski definition) is 7. The largest absolute Gasteiger partial charge is 0.430 e. The van der Waals surface area contributed by atoms with Crippen LogP contribution in [0.15, 0.2) is 24.5 Å². The van der Waals surface area contributed by atoms with Crippen molar-refractivity contribution < 1.29 is 19.0 Å². The average Bonchev–Trinajstić information content (AvgIpc) is 2.40. The van der Waals surface area contributed by atoms with Gasteiger partial charge >= 0.3 is 11.6 Å². The highest BCUT2D eigenvalue weighted by atomic mass is 35.5. The van der Waals surface area contributed by atoms with Crippen LogP contribution in [0.3, 0.4) is 0 Å². The molecule has 0 aliphatic heterocycles. The van der Waals surface area contributed by atoms with Gasteiger partial charge in [0, 0.05) is 6.07 Å². The van der Waals surface area contributed by atoms with E-state index in [4.69, 9.17) is 16.3 Å². The van der Waals surface area contributed by atoms with Crippen LogP contribution in [0.4, 0.5) is 15.8 Å². The summed E-state index contributed by atoms with van der Waals surface area (Å²) in [5, 5.41) is 20.8. The average molecular weight is 315 g/mol. The molecule has 0 fully saturated rings. The maximum absolute atomic E-state index is 13.7. The first-order valence-corrected chi connectivity index (χ1v) is 5.54. The van der Waals surface area contributed by atoms with Crippen molar-refractivity contribution in [3.05, 3.63) is 55.7 Å². The summed E-state index contributed by atoms with van der Waals surface area (Å²) in [6.45, 7) is 0. The van der Waals surface area contributed by atoms with Crippen molar-refractivity contribution >= 4 is 23.0 Å². The highest BCUT2D eigenvalue weighted by Gasteiger charge is 2.25. The first-order valence-electron chi connectivity index (χ1n) is 5.17. The molecule has 0 bridgehead atoms. The molecule has 0 radical (unpaired) electrons. The summed E-state index contributed by atoms with van der Waals surface area (Å²) in [4.78, 5) is 26.5. The van der Waals surface area contributed by atoms with E-state index in [1.165, 1.54) is 0 Å². The van der Waals surface area contributed by atoms with E-state index in [1.807, 2.05) is 0 Å². The van der Waals surface area contributed by atoms with Crippen molar-refractivity contribution in [2.24, 2.45) is 0 Å². The van der Waals surface area contributed by atoms with E-state index in [1.54, 1.807) is 0 Å². The Morgan fingerprint density at radius 3 is 2.48 bits per heavy atom. The number of nitro groups is 2. The van der Waals surface area contributed by atoms with Crippen molar-refractivity contribution in [1.82, 2.24) is 9.97 Å². The van der Waals surface area contributed by atoms with Crippen LogP contribution in [0.2, 0.25) is 5.15 Å². The lowest BCUT2D eigenvalue weighted by molar-refractivity contribution is -0.386. The van der Waals surface area contributed by atoms with Gasteiger partial charge in [-0.2, -0.15) is 4.98 Å². The van der Waals surface area contributed by atoms with E-state index in [2.05, 4.69) is 9.97 Å². The monoisotopic (exact) mass is 314 g/mol. The summed E-state index contributed by atoms with van der Waals surface area (Å²) in [7, 11) is 0. The van der Waals surface area contributed by atoms with E-state index in [0.29, 0.717) is 6.07 Å². The van der Waals surface area contributed by atoms with Gasteiger partial charge in [-0.25, -0.2) is 9.37 Å². The summed E-state index contributed by atoms with van der Waals surface area (Å²) in [5.74, 6) is -2.13. The fraction of sp³-hybridized carbons (Fsp3) is 0. The molecule has 0 amide bonds. The smallest absolute Gasteiger partial charge is 0.368 e. The number of hydrogen-bond donors (Lipinski definition) is 0. The lowest BCUT2D eigenvalue weighted by Crippen LogP contribution is -1.99. The minimum atomic E-state index is -1.08. The summed E-state index contributed by atoms with van der Waals surface area (Å²) < 4.78 is 18.6. The number of aromatic nitrogens is 2. The second-order valence-electron chi connectivity index (χ2n) is 3.55. The molecule has 0 saturated carbocycles. The Morgan fingerprint density at radius 1 is 1.19 bits per heavy atom. The van der Waals surface area contributed by atoms with Gasteiger partial charge in [0.05, 0.1) is 15.9 Å². The molecule has 2 aromatic rings. The molecule has 0 N–H and O–H groups in total. The number of benzene rings is 1. The van der Waals surface area contributed by atoms with Gasteiger partial charge in [0.2, 0.25) is 5.15 Å². The zero-order chi connectivity index (χ0) is 15.6. The lowest BCUT2D eigenvalue weighted by atomic mass is 10.3. The van der Waals surface area contributed by atoms with Crippen LogP contribution in [0, 0.1) is 26.0 Å². The molecular formula is C10H4ClFN4O5. The minimum absolute atomic E-state index is 0.474. The van der Waals surface area contributed by atoms with Gasteiger partial charge in [-0.1, -0.05) is 11.6 Å². The summed E-state index contributed by atoms with van der Waals surface area (Å²) in [6, 6.07) is 2.55. The molecule has 11 heteroatoms. The van der Waals surface area contributed by atoms with Gasteiger partial charge in [-0.15, -0.1) is 0 Å². The third-order valence-corrected chi connectivity index (χ3v) is 2.54. The standard InChI is InChI=1S/C10H4ClFN4O5/c11-9-8(16(19)20)10(14-4-13-9)21-7-2-1-5(15(17)18)3-6(7)12/h1-4H. The van der Waals surface area contributed by atoms with Crippen LogP contribution in [0.5, 0.6) is 11.6 Å². The topological polar surface area (TPSA) is 121 Å². The molecule has 0 spiro atoms. The molecule has 21 heavy (non-hydrogen) atoms. The maximum Gasteiger partial charge on any atom is 0.368 e. The van der Waals surface area contributed by atoms with Gasteiger partial charge in [0.25, 0.3) is 5.69 Å². The quantitative estimate of drug-likeness (QED) is 0.483. The van der Waals surface area contributed by atoms with Crippen LogP contribution < -0.4 is 4.74 Å². The molecule has 1 aromatic carbocycles. The molecular weight excluding hydrogens is 311 g/mol. The van der Waals surface area contributed by atoms with Crippen molar-refractivity contribution in [2.75, 3.05) is 0 Å². The minimum Gasteiger partial charge on any atom is -0.430 e. The molecule has 0 saturated heterocycles. The molecule has 0 atom stereocenters. The zero-order valence-corrected chi connectivity index (χ0v) is 10.7. The Bertz CT molecular complexity index is 741. The number of non-ortho nitro benzene ring substituents is 1. The Labute approximate surface area is 120 Å². The summed E-state index contributed by atoms with van der Waals surface area (Å²) >= 11 is 5.54. The van der Waals surface area contributed by atoms with Gasteiger partial charge in [0.15, 0.2) is 11.6 Å². The van der Waals surface area contributed by atoms with Gasteiger partial charge in [-0.05, 0) is 6.07 Å². The van der Waals surface area contributed by atoms with Gasteiger partial charge in [0.1, 0.15) is 6.33 Å². The second kappa shape index (κ2) is 5.63. The predicted octanol–water partition coefficient (Wildman–Crippen LogP) is 2.88. The molecule has 1 heterocycles. The Hall–Kier alpha value is -2.88. The molecule has 0 aliphatic carbocycles. The van der Waals surface area contributed by atoms with Gasteiger partial charge in [-0.3, -0.25) is 20.2 Å². The van der Waals surface area contributed by atoms with Crippen LogP contribution in [-0.2, 0) is 0 Å². The number of ether oxygens (including phenoxy) is 1. The molecule has 2 rings (SSSR count). The normalized spacial score (nSPS) is 10.2. The molecule has 1 aromatic heterocycles. The summed E-state index contributed by atoms with van der Waals surface area (Å²) in [6.07, 6.45) is 0.897. The lowest BCUT2D eigenvalue weighted by Gasteiger charge is -2.06. The highest BCUT2D eigenvalue weighted by molar-refractivity contribution is 6.31. The number of halogens is 2. The van der Waals surface area contributed by atoms with Crippen LogP contribution >= 0.6 is 11.6 Å². The predicted molar refractivity (Wildman–Crippen MR) is 66.8 cm³/mol.